The van der Waals surface area contributed by atoms with E-state index in [2.05, 4.69) is 10.1 Å². The van der Waals surface area contributed by atoms with Crippen molar-refractivity contribution < 1.29 is 18.6 Å². The molecule has 9 heteroatoms. The lowest BCUT2D eigenvalue weighted by atomic mass is 10.1. The van der Waals surface area contributed by atoms with Crippen molar-refractivity contribution in [1.82, 2.24) is 4.67 Å². The fourth-order valence-electron chi connectivity index (χ4n) is 3.65. The molecule has 32 heavy (non-hydrogen) atoms. The number of hydrogen-bond donors (Lipinski definition) is 0. The molecule has 0 aromatic heterocycles. The number of anilines is 1. The van der Waals surface area contributed by atoms with Crippen LogP contribution in [0.2, 0.25) is 0 Å². The van der Waals surface area contributed by atoms with Gasteiger partial charge < -0.3 is 9.26 Å². The van der Waals surface area contributed by atoms with E-state index in [4.69, 9.17) is 9.26 Å². The van der Waals surface area contributed by atoms with Gasteiger partial charge in [0, 0.05) is 5.82 Å². The molecule has 2 aromatic carbocycles. The van der Waals surface area contributed by atoms with E-state index in [1.807, 2.05) is 60.7 Å². The number of carbonyl (C=O) groups excluding carboxylic acids is 1. The summed E-state index contributed by atoms with van der Waals surface area (Å²) < 4.78 is 26.4. The molecular formula is C23H25N4O4P. The van der Waals surface area contributed by atoms with E-state index < -0.39 is 19.5 Å². The molecule has 2 aliphatic heterocycles. The van der Waals surface area contributed by atoms with Gasteiger partial charge in [-0.3, -0.25) is 14.2 Å². The minimum absolute atomic E-state index is 0.167. The molecule has 0 bridgehead atoms. The van der Waals surface area contributed by atoms with Crippen LogP contribution in [-0.4, -0.2) is 48.0 Å². The lowest BCUT2D eigenvalue weighted by Crippen LogP contribution is -2.45. The van der Waals surface area contributed by atoms with Crippen LogP contribution in [0.1, 0.15) is 13.8 Å². The Morgan fingerprint density at radius 3 is 2.44 bits per heavy atom. The van der Waals surface area contributed by atoms with Crippen LogP contribution in [0.25, 0.3) is 0 Å². The van der Waals surface area contributed by atoms with Crippen LogP contribution >= 0.6 is 7.52 Å². The smallest absolute Gasteiger partial charge is 0.356 e. The standard InChI is InChI=1S/C23H25N4O4P/c1-3-30-23(28)22-20(17-26(25-22)19-13-9-6-10-14-19)27-21(15-16-32(27,29)31-4-2)24-18-11-7-5-8-12-18/h5-16,20H,3-4,17H2,1-2H3. The molecule has 2 atom stereocenters. The molecule has 0 saturated heterocycles. The Morgan fingerprint density at radius 2 is 1.78 bits per heavy atom. The van der Waals surface area contributed by atoms with E-state index in [9.17, 15) is 9.36 Å². The third-order valence-electron chi connectivity index (χ3n) is 4.98. The molecule has 0 N–H and O–H groups in total. The van der Waals surface area contributed by atoms with E-state index in [1.165, 1.54) is 5.82 Å². The van der Waals surface area contributed by atoms with Gasteiger partial charge in [0.1, 0.15) is 11.9 Å². The molecule has 2 heterocycles. The summed E-state index contributed by atoms with van der Waals surface area (Å²) in [7, 11) is -3.43. The number of ether oxygens (including phenoxy) is 1. The van der Waals surface area contributed by atoms with Crippen molar-refractivity contribution in [1.29, 1.82) is 0 Å². The zero-order chi connectivity index (χ0) is 22.6. The number of esters is 1. The molecule has 8 nitrogen and oxygen atoms in total. The van der Waals surface area contributed by atoms with E-state index in [1.54, 1.807) is 29.6 Å². The average molecular weight is 452 g/mol. The zero-order valence-corrected chi connectivity index (χ0v) is 18.9. The Labute approximate surface area is 187 Å². The average Bonchev–Trinajstić information content (AvgIpc) is 3.37. The second-order valence-corrected chi connectivity index (χ2v) is 9.20. The monoisotopic (exact) mass is 452 g/mol. The lowest BCUT2D eigenvalue weighted by Gasteiger charge is -2.32. The molecule has 2 unspecified atom stereocenters. The number of hydrazone groups is 1. The van der Waals surface area contributed by atoms with Crippen molar-refractivity contribution in [3.05, 3.63) is 72.6 Å². The summed E-state index contributed by atoms with van der Waals surface area (Å²) >= 11 is 0. The second-order valence-electron chi connectivity index (χ2n) is 7.09. The summed E-state index contributed by atoms with van der Waals surface area (Å²) in [5, 5.41) is 6.26. The topological polar surface area (TPSA) is 83.8 Å². The molecule has 0 saturated carbocycles. The fourth-order valence-corrected chi connectivity index (χ4v) is 5.66. The largest absolute Gasteiger partial charge is 0.461 e. The van der Waals surface area contributed by atoms with E-state index >= 15 is 0 Å². The van der Waals surface area contributed by atoms with Gasteiger partial charge in [0.05, 0.1) is 31.1 Å². The molecular weight excluding hydrogens is 427 g/mol. The molecule has 2 aromatic rings. The molecule has 0 aliphatic carbocycles. The summed E-state index contributed by atoms with van der Waals surface area (Å²) in [5.41, 5.74) is 1.69. The number of rotatable bonds is 7. The van der Waals surface area contributed by atoms with Gasteiger partial charge in [0.15, 0.2) is 5.71 Å². The summed E-state index contributed by atoms with van der Waals surface area (Å²) in [5.74, 6) is 1.43. The highest BCUT2D eigenvalue weighted by Gasteiger charge is 2.48. The van der Waals surface area contributed by atoms with Crippen LogP contribution < -0.4 is 5.01 Å². The van der Waals surface area contributed by atoms with Crippen molar-refractivity contribution in [2.75, 3.05) is 24.8 Å². The molecule has 4 rings (SSSR count). The summed E-state index contributed by atoms with van der Waals surface area (Å²) in [6.07, 6.45) is 1.68. The number of para-hydroxylation sites is 2. The van der Waals surface area contributed by atoms with E-state index in [-0.39, 0.29) is 18.9 Å². The van der Waals surface area contributed by atoms with Gasteiger partial charge in [-0.25, -0.2) is 9.79 Å². The Kier molecular flexibility index (Phi) is 6.53. The van der Waals surface area contributed by atoms with Gasteiger partial charge in [0.2, 0.25) is 0 Å². The normalized spacial score (nSPS) is 23.6. The highest BCUT2D eigenvalue weighted by Crippen LogP contribution is 2.58. The molecule has 0 fully saturated rings. The Balaban J connectivity index is 1.76. The Morgan fingerprint density at radius 1 is 1.09 bits per heavy atom. The maximum Gasteiger partial charge on any atom is 0.356 e. The van der Waals surface area contributed by atoms with Crippen LogP contribution in [0, 0.1) is 0 Å². The number of carbonyl (C=O) groups is 1. The minimum Gasteiger partial charge on any atom is -0.461 e. The predicted octanol–water partition coefficient (Wildman–Crippen LogP) is 4.58. The number of aliphatic imine (C=N–C) groups is 1. The molecule has 0 spiro atoms. The van der Waals surface area contributed by atoms with Crippen molar-refractivity contribution >= 4 is 36.4 Å². The van der Waals surface area contributed by atoms with Crippen molar-refractivity contribution in [2.45, 2.75) is 19.9 Å². The maximum absolute atomic E-state index is 13.8. The number of hydrogen-bond acceptors (Lipinski definition) is 7. The van der Waals surface area contributed by atoms with Crippen LogP contribution in [0.5, 0.6) is 0 Å². The summed E-state index contributed by atoms with van der Waals surface area (Å²) in [6.45, 7) is 4.27. The molecule has 2 aliphatic rings. The van der Waals surface area contributed by atoms with Gasteiger partial charge in [-0.2, -0.15) is 5.10 Å². The highest BCUT2D eigenvalue weighted by molar-refractivity contribution is 7.61. The Bertz CT molecular complexity index is 1100. The fraction of sp³-hybridized carbons (Fsp3) is 0.261. The number of nitrogens with zero attached hydrogens (tertiary/aromatic N) is 4. The number of amidine groups is 1. The van der Waals surface area contributed by atoms with E-state index in [0.29, 0.717) is 18.1 Å². The predicted molar refractivity (Wildman–Crippen MR) is 125 cm³/mol. The number of benzene rings is 2. The molecule has 166 valence electrons. The van der Waals surface area contributed by atoms with Crippen LogP contribution in [-0.2, 0) is 18.6 Å². The van der Waals surface area contributed by atoms with Gasteiger partial charge in [-0.05, 0) is 44.2 Å². The van der Waals surface area contributed by atoms with Crippen LogP contribution in [0.3, 0.4) is 0 Å². The molecule has 0 amide bonds. The third-order valence-corrected chi connectivity index (χ3v) is 7.22. The lowest BCUT2D eigenvalue weighted by molar-refractivity contribution is -0.135. The first-order valence-electron chi connectivity index (χ1n) is 10.5. The van der Waals surface area contributed by atoms with Crippen LogP contribution in [0.4, 0.5) is 11.4 Å². The van der Waals surface area contributed by atoms with Gasteiger partial charge >= 0.3 is 13.5 Å². The highest BCUT2D eigenvalue weighted by atomic mass is 31.2. The van der Waals surface area contributed by atoms with Crippen molar-refractivity contribution in [3.63, 3.8) is 0 Å². The SMILES string of the molecule is CCOC(=O)C1=NN(c2ccccc2)CC1N1C(=Nc2ccccc2)C=CP1(=O)OCC. The van der Waals surface area contributed by atoms with Gasteiger partial charge in [-0.1, -0.05) is 36.4 Å². The zero-order valence-electron chi connectivity index (χ0n) is 18.0. The Hall–Kier alpha value is -3.22. The molecule has 0 radical (unpaired) electrons. The first kappa shape index (κ1) is 22.0. The first-order chi connectivity index (χ1) is 15.6. The van der Waals surface area contributed by atoms with E-state index in [0.717, 1.165) is 5.69 Å². The second kappa shape index (κ2) is 9.51. The van der Waals surface area contributed by atoms with Crippen molar-refractivity contribution in [2.24, 2.45) is 10.1 Å². The maximum atomic E-state index is 13.8. The van der Waals surface area contributed by atoms with Gasteiger partial charge in [0.25, 0.3) is 0 Å². The third kappa shape index (κ3) is 4.38. The summed E-state index contributed by atoms with van der Waals surface area (Å²) in [6, 6.07) is 18.2. The quantitative estimate of drug-likeness (QED) is 0.452. The summed E-state index contributed by atoms with van der Waals surface area (Å²) in [4.78, 5) is 17.5. The minimum atomic E-state index is -3.43. The first-order valence-corrected chi connectivity index (χ1v) is 12.2. The van der Waals surface area contributed by atoms with Crippen LogP contribution in [0.15, 0.2) is 82.7 Å². The van der Waals surface area contributed by atoms with Gasteiger partial charge in [-0.15, -0.1) is 0 Å². The van der Waals surface area contributed by atoms with Crippen molar-refractivity contribution in [3.8, 4) is 0 Å².